The molecule has 20 heavy (non-hydrogen) atoms. The second-order valence-electron chi connectivity index (χ2n) is 5.14. The van der Waals surface area contributed by atoms with Gasteiger partial charge in [0, 0.05) is 18.7 Å². The van der Waals surface area contributed by atoms with Crippen molar-refractivity contribution in [1.82, 2.24) is 4.90 Å². The van der Waals surface area contributed by atoms with E-state index < -0.39 is 5.91 Å². The fourth-order valence-electron chi connectivity index (χ4n) is 2.47. The maximum Gasteiger partial charge on any atom is 0.245 e. The standard InChI is InChI=1S/C15H21N3O2/c1-2-3-8-18(10-14(16)19)15(20)13-9-11-6-4-5-7-12(11)17-13/h4-7,13,17H,2-3,8-10H2,1H3,(H2,16,19). The minimum Gasteiger partial charge on any atom is -0.373 e. The maximum absolute atomic E-state index is 12.5. The van der Waals surface area contributed by atoms with Crippen LogP contribution in [-0.4, -0.2) is 35.8 Å². The number of hydrogen-bond acceptors (Lipinski definition) is 3. The van der Waals surface area contributed by atoms with E-state index in [1.165, 1.54) is 0 Å². The van der Waals surface area contributed by atoms with Crippen molar-refractivity contribution in [2.24, 2.45) is 5.73 Å². The van der Waals surface area contributed by atoms with Crippen molar-refractivity contribution >= 4 is 17.5 Å². The van der Waals surface area contributed by atoms with E-state index >= 15 is 0 Å². The summed E-state index contributed by atoms with van der Waals surface area (Å²) in [5.41, 5.74) is 7.37. The first kappa shape index (κ1) is 14.4. The molecule has 0 saturated carbocycles. The van der Waals surface area contributed by atoms with Gasteiger partial charge in [0.2, 0.25) is 11.8 Å². The zero-order valence-corrected chi connectivity index (χ0v) is 11.8. The van der Waals surface area contributed by atoms with Crippen LogP contribution in [0.15, 0.2) is 24.3 Å². The number of benzene rings is 1. The van der Waals surface area contributed by atoms with E-state index in [1.807, 2.05) is 24.3 Å². The molecule has 1 atom stereocenters. The smallest absolute Gasteiger partial charge is 0.245 e. The highest BCUT2D eigenvalue weighted by molar-refractivity contribution is 5.90. The van der Waals surface area contributed by atoms with Crippen LogP contribution in [0, 0.1) is 0 Å². The highest BCUT2D eigenvalue weighted by Gasteiger charge is 2.30. The molecule has 2 amide bonds. The molecule has 0 spiro atoms. The van der Waals surface area contributed by atoms with Crippen LogP contribution in [-0.2, 0) is 16.0 Å². The highest BCUT2D eigenvalue weighted by Crippen LogP contribution is 2.26. The number of primary amides is 1. The van der Waals surface area contributed by atoms with Crippen LogP contribution in [0.3, 0.4) is 0 Å². The summed E-state index contributed by atoms with van der Waals surface area (Å²) < 4.78 is 0. The Morgan fingerprint density at radius 2 is 2.15 bits per heavy atom. The van der Waals surface area contributed by atoms with Crippen LogP contribution in [0.1, 0.15) is 25.3 Å². The number of carbonyl (C=O) groups excluding carboxylic acids is 2. The van der Waals surface area contributed by atoms with Gasteiger partial charge in [0.15, 0.2) is 0 Å². The maximum atomic E-state index is 12.5. The number of fused-ring (bicyclic) bond motifs is 1. The number of nitrogens with one attached hydrogen (secondary N) is 1. The summed E-state index contributed by atoms with van der Waals surface area (Å²) in [5, 5.41) is 3.22. The number of nitrogens with zero attached hydrogens (tertiary/aromatic N) is 1. The molecule has 0 saturated heterocycles. The second-order valence-corrected chi connectivity index (χ2v) is 5.14. The number of anilines is 1. The van der Waals surface area contributed by atoms with Crippen molar-refractivity contribution in [3.05, 3.63) is 29.8 Å². The molecule has 1 aliphatic rings. The van der Waals surface area contributed by atoms with Gasteiger partial charge >= 0.3 is 0 Å². The third-order valence-electron chi connectivity index (χ3n) is 3.51. The van der Waals surface area contributed by atoms with Crippen LogP contribution < -0.4 is 11.1 Å². The zero-order valence-electron chi connectivity index (χ0n) is 11.8. The SMILES string of the molecule is CCCCN(CC(N)=O)C(=O)C1Cc2ccccc2N1. The highest BCUT2D eigenvalue weighted by atomic mass is 16.2. The van der Waals surface area contributed by atoms with Crippen molar-refractivity contribution in [3.63, 3.8) is 0 Å². The van der Waals surface area contributed by atoms with E-state index in [0.29, 0.717) is 13.0 Å². The lowest BCUT2D eigenvalue weighted by atomic mass is 10.1. The van der Waals surface area contributed by atoms with Gasteiger partial charge in [-0.1, -0.05) is 31.5 Å². The van der Waals surface area contributed by atoms with Crippen molar-refractivity contribution in [3.8, 4) is 0 Å². The number of carbonyl (C=O) groups is 2. The fourth-order valence-corrected chi connectivity index (χ4v) is 2.47. The predicted octanol–water partition coefficient (Wildman–Crippen LogP) is 1.14. The second kappa shape index (κ2) is 6.41. The summed E-state index contributed by atoms with van der Waals surface area (Å²) in [4.78, 5) is 25.2. The molecule has 5 nitrogen and oxygen atoms in total. The molecule has 0 bridgehead atoms. The topological polar surface area (TPSA) is 75.4 Å². The molecule has 108 valence electrons. The summed E-state index contributed by atoms with van der Waals surface area (Å²) in [7, 11) is 0. The molecule has 2 rings (SSSR count). The first-order valence-corrected chi connectivity index (χ1v) is 7.03. The molecular weight excluding hydrogens is 254 g/mol. The van der Waals surface area contributed by atoms with Gasteiger partial charge in [-0.15, -0.1) is 0 Å². The number of rotatable bonds is 6. The summed E-state index contributed by atoms with van der Waals surface area (Å²) in [6.07, 6.45) is 2.51. The Kier molecular flexibility index (Phi) is 4.61. The monoisotopic (exact) mass is 275 g/mol. The van der Waals surface area contributed by atoms with Crippen LogP contribution in [0.5, 0.6) is 0 Å². The molecular formula is C15H21N3O2. The van der Waals surface area contributed by atoms with Gasteiger partial charge in [-0.05, 0) is 18.1 Å². The van der Waals surface area contributed by atoms with Crippen LogP contribution >= 0.6 is 0 Å². The molecule has 0 fully saturated rings. The molecule has 1 aromatic rings. The largest absolute Gasteiger partial charge is 0.373 e. The average molecular weight is 275 g/mol. The number of hydrogen-bond donors (Lipinski definition) is 2. The Balaban J connectivity index is 2.03. The van der Waals surface area contributed by atoms with Gasteiger partial charge in [-0.2, -0.15) is 0 Å². The third kappa shape index (κ3) is 3.29. The van der Waals surface area contributed by atoms with Gasteiger partial charge in [-0.3, -0.25) is 9.59 Å². The number of nitrogens with two attached hydrogens (primary N) is 1. The molecule has 1 heterocycles. The molecule has 3 N–H and O–H groups in total. The molecule has 1 aromatic carbocycles. The van der Waals surface area contributed by atoms with E-state index in [1.54, 1.807) is 4.90 Å². The molecule has 0 aromatic heterocycles. The van der Waals surface area contributed by atoms with Gasteiger partial charge < -0.3 is 16.0 Å². The summed E-state index contributed by atoms with van der Waals surface area (Å²) in [5.74, 6) is -0.515. The van der Waals surface area contributed by atoms with Crippen molar-refractivity contribution in [2.45, 2.75) is 32.2 Å². The van der Waals surface area contributed by atoms with Crippen LogP contribution in [0.25, 0.3) is 0 Å². The Morgan fingerprint density at radius 1 is 1.40 bits per heavy atom. The minimum atomic E-state index is -0.468. The molecule has 1 aliphatic heterocycles. The zero-order chi connectivity index (χ0) is 14.5. The number of para-hydroxylation sites is 1. The Labute approximate surface area is 119 Å². The predicted molar refractivity (Wildman–Crippen MR) is 78.2 cm³/mol. The minimum absolute atomic E-state index is 0.00659. The quantitative estimate of drug-likeness (QED) is 0.817. The van der Waals surface area contributed by atoms with Crippen molar-refractivity contribution in [1.29, 1.82) is 0 Å². The lowest BCUT2D eigenvalue weighted by Crippen LogP contribution is -2.46. The van der Waals surface area contributed by atoms with Gasteiger partial charge in [0.25, 0.3) is 0 Å². The normalized spacial score (nSPS) is 16.4. The van der Waals surface area contributed by atoms with Gasteiger partial charge in [0.05, 0.1) is 6.54 Å². The lowest BCUT2D eigenvalue weighted by Gasteiger charge is -2.24. The van der Waals surface area contributed by atoms with E-state index in [4.69, 9.17) is 5.73 Å². The average Bonchev–Trinajstić information content (AvgIpc) is 2.86. The van der Waals surface area contributed by atoms with Gasteiger partial charge in [0.1, 0.15) is 6.04 Å². The molecule has 5 heteroatoms. The summed E-state index contributed by atoms with van der Waals surface area (Å²) in [6, 6.07) is 7.60. The van der Waals surface area contributed by atoms with E-state index in [9.17, 15) is 9.59 Å². The van der Waals surface area contributed by atoms with Crippen LogP contribution in [0.4, 0.5) is 5.69 Å². The molecule has 0 aliphatic carbocycles. The Morgan fingerprint density at radius 3 is 2.80 bits per heavy atom. The fraction of sp³-hybridized carbons (Fsp3) is 0.467. The number of amides is 2. The van der Waals surface area contributed by atoms with Crippen LogP contribution in [0.2, 0.25) is 0 Å². The molecule has 1 unspecified atom stereocenters. The summed E-state index contributed by atoms with van der Waals surface area (Å²) in [6.45, 7) is 2.62. The van der Waals surface area contributed by atoms with Gasteiger partial charge in [-0.25, -0.2) is 0 Å². The first-order chi connectivity index (χ1) is 9.61. The molecule has 0 radical (unpaired) electrons. The first-order valence-electron chi connectivity index (χ1n) is 7.03. The Bertz CT molecular complexity index is 477. The summed E-state index contributed by atoms with van der Waals surface area (Å²) >= 11 is 0. The Hall–Kier alpha value is -2.04. The van der Waals surface area contributed by atoms with Crippen molar-refractivity contribution in [2.75, 3.05) is 18.4 Å². The van der Waals surface area contributed by atoms with E-state index in [2.05, 4.69) is 12.2 Å². The lowest BCUT2D eigenvalue weighted by molar-refractivity contribution is -0.135. The number of unbranched alkanes of at least 4 members (excludes halogenated alkanes) is 1. The van der Waals surface area contributed by atoms with E-state index in [-0.39, 0.29) is 18.5 Å². The van der Waals surface area contributed by atoms with E-state index in [0.717, 1.165) is 24.1 Å². The third-order valence-corrected chi connectivity index (χ3v) is 3.51. The van der Waals surface area contributed by atoms with Crippen molar-refractivity contribution < 1.29 is 9.59 Å².